The Hall–Kier alpha value is -1.85. The minimum atomic E-state index is -0.765. The molecule has 1 aromatic carbocycles. The molecule has 0 aliphatic heterocycles. The lowest BCUT2D eigenvalue weighted by Gasteiger charge is -2.05. The predicted octanol–water partition coefficient (Wildman–Crippen LogP) is 3.15. The topological polar surface area (TPSA) is 63.6 Å². The minimum Gasteiger partial charge on any atom is -0.507 e. The summed E-state index contributed by atoms with van der Waals surface area (Å²) in [6.07, 6.45) is 0. The van der Waals surface area contributed by atoms with Gasteiger partial charge in [0.05, 0.1) is 4.88 Å². The number of esters is 1. The van der Waals surface area contributed by atoms with Crippen molar-refractivity contribution < 1.29 is 19.4 Å². The van der Waals surface area contributed by atoms with E-state index >= 15 is 0 Å². The molecule has 0 atom stereocenters. The number of halogens is 1. The Morgan fingerprint density at radius 2 is 2.11 bits per heavy atom. The molecular weight excluding hydrogens is 288 g/mol. The number of carbonyl (C=O) groups is 2. The summed E-state index contributed by atoms with van der Waals surface area (Å²) < 4.78 is 4.85. The van der Waals surface area contributed by atoms with Crippen LogP contribution >= 0.6 is 22.9 Å². The van der Waals surface area contributed by atoms with Gasteiger partial charge in [0.1, 0.15) is 11.3 Å². The summed E-state index contributed by atoms with van der Waals surface area (Å²) in [5, 5.41) is 11.6. The molecule has 0 unspecified atom stereocenters. The lowest BCUT2D eigenvalue weighted by atomic mass is 10.2. The van der Waals surface area contributed by atoms with E-state index in [2.05, 4.69) is 0 Å². The van der Waals surface area contributed by atoms with Crippen LogP contribution in [-0.4, -0.2) is 23.5 Å². The molecule has 0 radical (unpaired) electrons. The van der Waals surface area contributed by atoms with E-state index in [9.17, 15) is 14.7 Å². The molecule has 0 fully saturated rings. The number of phenolic OH excluding ortho intramolecular Hbond substituents is 1. The van der Waals surface area contributed by atoms with E-state index in [4.69, 9.17) is 16.3 Å². The molecule has 0 aliphatic carbocycles. The Labute approximate surface area is 118 Å². The molecule has 0 spiro atoms. The first-order valence-electron chi connectivity index (χ1n) is 5.30. The van der Waals surface area contributed by atoms with Gasteiger partial charge in [0.25, 0.3) is 0 Å². The van der Waals surface area contributed by atoms with Crippen molar-refractivity contribution in [3.63, 3.8) is 0 Å². The van der Waals surface area contributed by atoms with Gasteiger partial charge in [-0.1, -0.05) is 17.7 Å². The number of benzene rings is 1. The van der Waals surface area contributed by atoms with Crippen LogP contribution in [0.1, 0.15) is 20.0 Å². The molecule has 0 amide bonds. The second-order valence-electron chi connectivity index (χ2n) is 3.64. The summed E-state index contributed by atoms with van der Waals surface area (Å²) in [5.41, 5.74) is -0.0246. The summed E-state index contributed by atoms with van der Waals surface area (Å²) in [6.45, 7) is -0.360. The fraction of sp³-hybridized carbons (Fsp3) is 0.0769. The van der Waals surface area contributed by atoms with Gasteiger partial charge in [-0.3, -0.25) is 4.79 Å². The monoisotopic (exact) mass is 296 g/mol. The van der Waals surface area contributed by atoms with Crippen molar-refractivity contribution in [1.82, 2.24) is 0 Å². The third kappa shape index (κ3) is 3.33. The standard InChI is InChI=1S/C13H9ClO4S/c14-8-3-4-9(10(15)6-8)13(17)18-7-11(16)12-2-1-5-19-12/h1-6,15H,7H2. The molecule has 6 heteroatoms. The number of thiophene rings is 1. The van der Waals surface area contributed by atoms with Crippen molar-refractivity contribution >= 4 is 34.7 Å². The quantitative estimate of drug-likeness (QED) is 0.695. The fourth-order valence-corrected chi connectivity index (χ4v) is 2.21. The fourth-order valence-electron chi connectivity index (χ4n) is 1.39. The normalized spacial score (nSPS) is 10.2. The Morgan fingerprint density at radius 1 is 1.32 bits per heavy atom. The molecule has 0 saturated carbocycles. The Morgan fingerprint density at radius 3 is 2.74 bits per heavy atom. The van der Waals surface area contributed by atoms with Gasteiger partial charge in [-0.25, -0.2) is 4.79 Å². The molecule has 98 valence electrons. The highest BCUT2D eigenvalue weighted by molar-refractivity contribution is 7.12. The Balaban J connectivity index is 2.00. The van der Waals surface area contributed by atoms with E-state index in [1.807, 2.05) is 0 Å². The maximum Gasteiger partial charge on any atom is 0.342 e. The summed E-state index contributed by atoms with van der Waals surface area (Å²) >= 11 is 6.93. The molecule has 2 aromatic rings. The molecule has 1 aromatic heterocycles. The van der Waals surface area contributed by atoms with Crippen LogP contribution in [0.25, 0.3) is 0 Å². The number of hydrogen-bond donors (Lipinski definition) is 1. The van der Waals surface area contributed by atoms with Gasteiger partial charge in [-0.2, -0.15) is 0 Å². The van der Waals surface area contributed by atoms with Crippen molar-refractivity contribution in [2.75, 3.05) is 6.61 Å². The summed E-state index contributed by atoms with van der Waals surface area (Å²) in [4.78, 5) is 23.8. The van der Waals surface area contributed by atoms with Crippen LogP contribution in [-0.2, 0) is 4.74 Å². The number of carbonyl (C=O) groups excluding carboxylic acids is 2. The second kappa shape index (κ2) is 5.86. The number of ketones is 1. The van der Waals surface area contributed by atoms with Crippen LogP contribution in [0.5, 0.6) is 5.75 Å². The van der Waals surface area contributed by atoms with Gasteiger partial charge >= 0.3 is 5.97 Å². The first-order valence-corrected chi connectivity index (χ1v) is 6.56. The van der Waals surface area contributed by atoms with Gasteiger partial charge in [0.15, 0.2) is 6.61 Å². The van der Waals surface area contributed by atoms with Gasteiger partial charge in [-0.05, 0) is 29.6 Å². The van der Waals surface area contributed by atoms with Crippen molar-refractivity contribution in [2.45, 2.75) is 0 Å². The summed E-state index contributed by atoms with van der Waals surface area (Å²) in [6, 6.07) is 7.43. The lowest BCUT2D eigenvalue weighted by Crippen LogP contribution is -2.13. The van der Waals surface area contributed by atoms with E-state index in [0.717, 1.165) is 0 Å². The van der Waals surface area contributed by atoms with Crippen LogP contribution in [0.3, 0.4) is 0 Å². The highest BCUT2D eigenvalue weighted by Crippen LogP contribution is 2.22. The number of Topliss-reactive ketones (excluding diaryl/α,β-unsaturated/α-hetero) is 1. The summed E-state index contributed by atoms with van der Waals surface area (Å²) in [5.74, 6) is -1.32. The zero-order valence-electron chi connectivity index (χ0n) is 9.63. The number of phenols is 1. The molecule has 4 nitrogen and oxygen atoms in total. The van der Waals surface area contributed by atoms with Crippen LogP contribution < -0.4 is 0 Å². The van der Waals surface area contributed by atoms with E-state index in [0.29, 0.717) is 9.90 Å². The first-order chi connectivity index (χ1) is 9.08. The maximum atomic E-state index is 11.7. The van der Waals surface area contributed by atoms with E-state index < -0.39 is 5.97 Å². The maximum absolute atomic E-state index is 11.7. The highest BCUT2D eigenvalue weighted by atomic mass is 35.5. The third-order valence-electron chi connectivity index (χ3n) is 2.31. The Kier molecular flexibility index (Phi) is 4.19. The third-order valence-corrected chi connectivity index (χ3v) is 3.46. The average Bonchev–Trinajstić information content (AvgIpc) is 2.89. The summed E-state index contributed by atoms with van der Waals surface area (Å²) in [7, 11) is 0. The smallest absolute Gasteiger partial charge is 0.342 e. The molecule has 1 N–H and O–H groups in total. The second-order valence-corrected chi connectivity index (χ2v) is 5.02. The molecule has 0 saturated heterocycles. The van der Waals surface area contributed by atoms with Crippen molar-refractivity contribution in [1.29, 1.82) is 0 Å². The highest BCUT2D eigenvalue weighted by Gasteiger charge is 2.15. The van der Waals surface area contributed by atoms with Gasteiger partial charge in [-0.15, -0.1) is 11.3 Å². The molecular formula is C13H9ClO4S. The minimum absolute atomic E-state index is 0.0246. The SMILES string of the molecule is O=C(COC(=O)c1ccc(Cl)cc1O)c1cccs1. The van der Waals surface area contributed by atoms with Crippen molar-refractivity contribution in [2.24, 2.45) is 0 Å². The number of ether oxygens (including phenoxy) is 1. The number of hydrogen-bond acceptors (Lipinski definition) is 5. The van der Waals surface area contributed by atoms with Gasteiger partial charge in [0, 0.05) is 5.02 Å². The van der Waals surface area contributed by atoms with E-state index in [1.165, 1.54) is 29.5 Å². The lowest BCUT2D eigenvalue weighted by molar-refractivity contribution is 0.0473. The largest absolute Gasteiger partial charge is 0.507 e. The van der Waals surface area contributed by atoms with Crippen LogP contribution in [0.2, 0.25) is 5.02 Å². The molecule has 1 heterocycles. The van der Waals surface area contributed by atoms with Crippen molar-refractivity contribution in [3.05, 3.63) is 51.2 Å². The molecule has 0 bridgehead atoms. The van der Waals surface area contributed by atoms with E-state index in [-0.39, 0.29) is 23.7 Å². The first kappa shape index (κ1) is 13.6. The van der Waals surface area contributed by atoms with Gasteiger partial charge < -0.3 is 9.84 Å². The zero-order valence-corrected chi connectivity index (χ0v) is 11.2. The predicted molar refractivity (Wildman–Crippen MR) is 72.0 cm³/mol. The average molecular weight is 297 g/mol. The molecule has 0 aliphatic rings. The number of aromatic hydroxyl groups is 1. The van der Waals surface area contributed by atoms with Crippen LogP contribution in [0, 0.1) is 0 Å². The van der Waals surface area contributed by atoms with Crippen LogP contribution in [0.15, 0.2) is 35.7 Å². The zero-order chi connectivity index (χ0) is 13.8. The molecule has 2 rings (SSSR count). The van der Waals surface area contributed by atoms with E-state index in [1.54, 1.807) is 17.5 Å². The van der Waals surface area contributed by atoms with Gasteiger partial charge in [0.2, 0.25) is 5.78 Å². The molecule has 19 heavy (non-hydrogen) atoms. The van der Waals surface area contributed by atoms with Crippen LogP contribution in [0.4, 0.5) is 0 Å². The number of rotatable bonds is 4. The van der Waals surface area contributed by atoms with Crippen molar-refractivity contribution in [3.8, 4) is 5.75 Å². The Bertz CT molecular complexity index is 607.